The number of aromatic nitrogens is 1. The molecule has 34 heavy (non-hydrogen) atoms. The second-order valence-electron chi connectivity index (χ2n) is 8.15. The van der Waals surface area contributed by atoms with Gasteiger partial charge in [-0.25, -0.2) is 0 Å². The fraction of sp³-hybridized carbons (Fsp3) is 0.440. The van der Waals surface area contributed by atoms with Gasteiger partial charge in [0.2, 0.25) is 5.43 Å². The van der Waals surface area contributed by atoms with Crippen LogP contribution in [-0.2, 0) is 16.1 Å². The van der Waals surface area contributed by atoms with Crippen LogP contribution in [0.5, 0.6) is 5.75 Å². The number of nitrogens with one attached hydrogen (secondary N) is 2. The predicted octanol–water partition coefficient (Wildman–Crippen LogP) is 2.36. The summed E-state index contributed by atoms with van der Waals surface area (Å²) in [4.78, 5) is 50.1. The molecule has 0 aliphatic carbocycles. The lowest BCUT2D eigenvalue weighted by atomic mass is 10.1. The fourth-order valence-electron chi connectivity index (χ4n) is 3.25. The lowest BCUT2D eigenvalue weighted by Gasteiger charge is -2.14. The molecule has 1 aromatic heterocycles. The Bertz CT molecular complexity index is 1060. The molecule has 0 atom stereocenters. The average Bonchev–Trinajstić information content (AvgIpc) is 2.80. The fourth-order valence-corrected chi connectivity index (χ4v) is 3.25. The number of carbonyl (C=O) groups is 3. The van der Waals surface area contributed by atoms with E-state index in [2.05, 4.69) is 10.6 Å². The molecule has 1 heterocycles. The van der Waals surface area contributed by atoms with Crippen molar-refractivity contribution in [2.45, 2.75) is 40.2 Å². The lowest BCUT2D eigenvalue weighted by molar-refractivity contribution is -0.142. The molecular formula is C25H33N3O6. The summed E-state index contributed by atoms with van der Waals surface area (Å²) in [5, 5.41) is 5.31. The van der Waals surface area contributed by atoms with Crippen molar-refractivity contribution < 1.29 is 23.9 Å². The van der Waals surface area contributed by atoms with Gasteiger partial charge in [-0.15, -0.1) is 0 Å². The number of hydrogen-bond acceptors (Lipinski definition) is 6. The number of carbonyl (C=O) groups excluding carboxylic acids is 3. The van der Waals surface area contributed by atoms with Gasteiger partial charge >= 0.3 is 5.97 Å². The van der Waals surface area contributed by atoms with Crippen LogP contribution in [0.2, 0.25) is 0 Å². The number of methoxy groups -OCH3 is 1. The Hall–Kier alpha value is -3.62. The van der Waals surface area contributed by atoms with E-state index in [-0.39, 0.29) is 37.2 Å². The molecule has 9 heteroatoms. The van der Waals surface area contributed by atoms with Gasteiger partial charge < -0.3 is 24.7 Å². The van der Waals surface area contributed by atoms with Crippen molar-refractivity contribution in [3.05, 3.63) is 63.6 Å². The number of nitrogens with zero attached hydrogens (tertiary/aromatic N) is 1. The molecule has 0 unspecified atom stereocenters. The topological polar surface area (TPSA) is 116 Å². The third-order valence-corrected chi connectivity index (χ3v) is 5.04. The van der Waals surface area contributed by atoms with Crippen molar-refractivity contribution in [3.8, 4) is 5.75 Å². The number of pyridine rings is 1. The smallest absolute Gasteiger partial charge is 0.307 e. The van der Waals surface area contributed by atoms with Crippen molar-refractivity contribution in [2.75, 3.05) is 26.8 Å². The number of amides is 2. The van der Waals surface area contributed by atoms with Gasteiger partial charge in [-0.1, -0.05) is 32.0 Å². The van der Waals surface area contributed by atoms with Crippen molar-refractivity contribution in [1.82, 2.24) is 15.2 Å². The van der Waals surface area contributed by atoms with Crippen molar-refractivity contribution in [1.29, 1.82) is 0 Å². The summed E-state index contributed by atoms with van der Waals surface area (Å²) in [6.45, 7) is 6.71. The summed E-state index contributed by atoms with van der Waals surface area (Å²) in [6, 6.07) is 7.35. The minimum Gasteiger partial charge on any atom is -0.496 e. The predicted molar refractivity (Wildman–Crippen MR) is 128 cm³/mol. The number of hydrogen-bond donors (Lipinski definition) is 2. The molecular weight excluding hydrogens is 438 g/mol. The maximum Gasteiger partial charge on any atom is 0.307 e. The average molecular weight is 472 g/mol. The summed E-state index contributed by atoms with van der Waals surface area (Å²) in [5.74, 6) is -0.626. The maximum atomic E-state index is 13.0. The molecule has 2 N–H and O–H groups in total. The first-order valence-corrected chi connectivity index (χ1v) is 11.3. The SMILES string of the molecule is CCOC(=O)CCNC(=O)c1cn(Cc2ccccc2OC)cc(C(=O)NCCC(C)C)c1=O. The number of benzene rings is 1. The zero-order chi connectivity index (χ0) is 25.1. The van der Waals surface area contributed by atoms with Gasteiger partial charge in [-0.2, -0.15) is 0 Å². The molecule has 0 radical (unpaired) electrons. The van der Waals surface area contributed by atoms with Crippen LogP contribution in [0.3, 0.4) is 0 Å². The minimum absolute atomic E-state index is 0.00836. The Labute approximate surface area is 199 Å². The summed E-state index contributed by atoms with van der Waals surface area (Å²) in [5.41, 5.74) is -0.174. The Morgan fingerprint density at radius 1 is 1.00 bits per heavy atom. The number of ether oxygens (including phenoxy) is 2. The molecule has 2 rings (SSSR count). The van der Waals surface area contributed by atoms with Gasteiger partial charge in [-0.05, 0) is 25.3 Å². The van der Waals surface area contributed by atoms with E-state index in [4.69, 9.17) is 9.47 Å². The quantitative estimate of drug-likeness (QED) is 0.459. The second-order valence-corrected chi connectivity index (χ2v) is 8.15. The highest BCUT2D eigenvalue weighted by Crippen LogP contribution is 2.18. The van der Waals surface area contributed by atoms with E-state index < -0.39 is 23.2 Å². The van der Waals surface area contributed by atoms with E-state index in [0.717, 1.165) is 12.0 Å². The first-order valence-electron chi connectivity index (χ1n) is 11.3. The Morgan fingerprint density at radius 3 is 2.21 bits per heavy atom. The number of rotatable bonds is 12. The minimum atomic E-state index is -0.674. The first kappa shape index (κ1) is 26.6. The van der Waals surface area contributed by atoms with Gasteiger partial charge in [0.15, 0.2) is 0 Å². The molecule has 9 nitrogen and oxygen atoms in total. The molecule has 0 aliphatic rings. The van der Waals surface area contributed by atoms with Crippen molar-refractivity contribution in [2.24, 2.45) is 5.92 Å². The van der Waals surface area contributed by atoms with Crippen LogP contribution < -0.4 is 20.8 Å². The zero-order valence-electron chi connectivity index (χ0n) is 20.2. The number of para-hydroxylation sites is 1. The largest absolute Gasteiger partial charge is 0.496 e. The van der Waals surface area contributed by atoms with Gasteiger partial charge in [0.25, 0.3) is 11.8 Å². The monoisotopic (exact) mass is 471 g/mol. The first-order chi connectivity index (χ1) is 16.3. The summed E-state index contributed by atoms with van der Waals surface area (Å²) < 4.78 is 11.8. The molecule has 0 aliphatic heterocycles. The van der Waals surface area contributed by atoms with Gasteiger partial charge in [0.05, 0.1) is 26.7 Å². The van der Waals surface area contributed by atoms with Crippen molar-refractivity contribution in [3.63, 3.8) is 0 Å². The van der Waals surface area contributed by atoms with E-state index in [9.17, 15) is 19.2 Å². The molecule has 184 valence electrons. The molecule has 0 bridgehead atoms. The van der Waals surface area contributed by atoms with Crippen LogP contribution in [0.4, 0.5) is 0 Å². The maximum absolute atomic E-state index is 13.0. The van der Waals surface area contributed by atoms with Crippen molar-refractivity contribution >= 4 is 17.8 Å². The Morgan fingerprint density at radius 2 is 1.62 bits per heavy atom. The van der Waals surface area contributed by atoms with Crippen LogP contribution in [0.15, 0.2) is 41.5 Å². The highest BCUT2D eigenvalue weighted by molar-refractivity contribution is 5.99. The summed E-state index contributed by atoms with van der Waals surface area (Å²) in [7, 11) is 1.56. The molecule has 0 saturated heterocycles. The normalized spacial score (nSPS) is 10.6. The van der Waals surface area contributed by atoms with Crippen LogP contribution in [-0.4, -0.2) is 49.2 Å². The Kier molecular flexibility index (Phi) is 10.3. The molecule has 2 amide bonds. The van der Waals surface area contributed by atoms with E-state index >= 15 is 0 Å². The lowest BCUT2D eigenvalue weighted by Crippen LogP contribution is -2.36. The van der Waals surface area contributed by atoms with E-state index in [0.29, 0.717) is 18.2 Å². The van der Waals surface area contributed by atoms with Crippen LogP contribution in [0.1, 0.15) is 59.9 Å². The molecule has 0 fully saturated rings. The molecule has 1 aromatic carbocycles. The zero-order valence-corrected chi connectivity index (χ0v) is 20.2. The number of esters is 1. The second kappa shape index (κ2) is 13.2. The third kappa shape index (κ3) is 7.75. The van der Waals surface area contributed by atoms with Crippen LogP contribution in [0.25, 0.3) is 0 Å². The van der Waals surface area contributed by atoms with Gasteiger partial charge in [0.1, 0.15) is 16.9 Å². The van der Waals surface area contributed by atoms with E-state index in [1.807, 2.05) is 32.0 Å². The van der Waals surface area contributed by atoms with Crippen LogP contribution in [0, 0.1) is 5.92 Å². The summed E-state index contributed by atoms with van der Waals surface area (Å²) in [6.07, 6.45) is 3.58. The standard InChI is InChI=1S/C25H33N3O6/c1-5-34-22(29)11-13-27-25(32)20-16-28(14-18-8-6-7-9-21(18)33-4)15-19(23(20)30)24(31)26-12-10-17(2)3/h6-9,15-17H,5,10-14H2,1-4H3,(H,26,31)(H,27,32). The highest BCUT2D eigenvalue weighted by atomic mass is 16.5. The van der Waals surface area contributed by atoms with E-state index in [1.165, 1.54) is 12.4 Å². The van der Waals surface area contributed by atoms with E-state index in [1.54, 1.807) is 24.7 Å². The van der Waals surface area contributed by atoms with Gasteiger partial charge in [0, 0.05) is 31.0 Å². The Balaban J connectivity index is 2.34. The molecule has 2 aromatic rings. The third-order valence-electron chi connectivity index (χ3n) is 5.04. The highest BCUT2D eigenvalue weighted by Gasteiger charge is 2.20. The summed E-state index contributed by atoms with van der Waals surface area (Å²) >= 11 is 0. The van der Waals surface area contributed by atoms with Crippen LogP contribution >= 0.6 is 0 Å². The van der Waals surface area contributed by atoms with Gasteiger partial charge in [-0.3, -0.25) is 19.2 Å². The molecule has 0 spiro atoms. The molecule has 0 saturated carbocycles.